The highest BCUT2D eigenvalue weighted by Crippen LogP contribution is 2.40. The van der Waals surface area contributed by atoms with Crippen molar-refractivity contribution in [3.05, 3.63) is 16.1 Å². The lowest BCUT2D eigenvalue weighted by Gasteiger charge is -2.16. The largest absolute Gasteiger partial charge is 0.394 e. The van der Waals surface area contributed by atoms with Gasteiger partial charge < -0.3 is 16.2 Å². The lowest BCUT2D eigenvalue weighted by atomic mass is 10.3. The lowest BCUT2D eigenvalue weighted by Crippen LogP contribution is -2.26. The number of rotatable bonds is 3. The molecule has 0 amide bonds. The van der Waals surface area contributed by atoms with E-state index >= 15 is 0 Å². The number of halogens is 2. The van der Waals surface area contributed by atoms with Gasteiger partial charge in [-0.15, -0.1) is 0 Å². The molecule has 1 aliphatic carbocycles. The van der Waals surface area contributed by atoms with Crippen molar-refractivity contribution < 1.29 is 5.11 Å². The van der Waals surface area contributed by atoms with Gasteiger partial charge in [-0.25, -0.2) is 4.98 Å². The number of anilines is 2. The van der Waals surface area contributed by atoms with E-state index in [0.717, 1.165) is 12.8 Å². The molecular weight excluding hydrogens is 237 g/mol. The predicted molar refractivity (Wildman–Crippen MR) is 61.3 cm³/mol. The number of nitrogen functional groups attached to an aromatic ring is 1. The molecule has 0 radical (unpaired) electrons. The van der Waals surface area contributed by atoms with Gasteiger partial charge in [0, 0.05) is 0 Å². The maximum absolute atomic E-state index is 9.14. The van der Waals surface area contributed by atoms with E-state index in [-0.39, 0.29) is 18.0 Å². The van der Waals surface area contributed by atoms with Crippen LogP contribution in [0.2, 0.25) is 10.0 Å². The van der Waals surface area contributed by atoms with E-state index in [2.05, 4.69) is 10.3 Å². The number of hydrogen-bond acceptors (Lipinski definition) is 4. The Balaban J connectivity index is 2.25. The normalized spacial score (nSPS) is 17.5. The fraction of sp³-hybridized carbons (Fsp3) is 0.444. The number of aliphatic hydroxyl groups excluding tert-OH is 1. The zero-order chi connectivity index (χ0) is 11.1. The topological polar surface area (TPSA) is 71.2 Å². The van der Waals surface area contributed by atoms with Crippen LogP contribution in [0.4, 0.5) is 11.6 Å². The molecule has 0 saturated heterocycles. The van der Waals surface area contributed by atoms with E-state index in [1.807, 2.05) is 0 Å². The second-order valence-electron chi connectivity index (χ2n) is 3.75. The number of nitrogens with one attached hydrogen (secondary N) is 1. The maximum Gasteiger partial charge on any atom is 0.147 e. The number of aromatic nitrogens is 1. The van der Waals surface area contributed by atoms with Gasteiger partial charge in [0.1, 0.15) is 11.6 Å². The number of pyridine rings is 1. The molecule has 0 spiro atoms. The highest BCUT2D eigenvalue weighted by molar-refractivity contribution is 6.37. The fourth-order valence-corrected chi connectivity index (χ4v) is 1.70. The molecule has 6 heteroatoms. The smallest absolute Gasteiger partial charge is 0.147 e. The molecule has 1 fully saturated rings. The van der Waals surface area contributed by atoms with Crippen molar-refractivity contribution in [3.63, 3.8) is 0 Å². The summed E-state index contributed by atoms with van der Waals surface area (Å²) in [6, 6.07) is 1.54. The van der Waals surface area contributed by atoms with E-state index in [1.54, 1.807) is 6.07 Å². The Morgan fingerprint density at radius 3 is 2.67 bits per heavy atom. The molecule has 15 heavy (non-hydrogen) atoms. The maximum atomic E-state index is 9.14. The monoisotopic (exact) mass is 247 g/mol. The Morgan fingerprint density at radius 2 is 2.13 bits per heavy atom. The van der Waals surface area contributed by atoms with Gasteiger partial charge in [-0.1, -0.05) is 23.2 Å². The van der Waals surface area contributed by atoms with Gasteiger partial charge in [-0.05, 0) is 18.9 Å². The van der Waals surface area contributed by atoms with Crippen molar-refractivity contribution >= 4 is 34.8 Å². The first kappa shape index (κ1) is 10.8. The molecular formula is C9H11Cl2N3O. The van der Waals surface area contributed by atoms with E-state index in [4.69, 9.17) is 34.0 Å². The van der Waals surface area contributed by atoms with E-state index in [0.29, 0.717) is 15.9 Å². The average Bonchev–Trinajstić information content (AvgIpc) is 2.95. The van der Waals surface area contributed by atoms with Crippen LogP contribution in [-0.4, -0.2) is 22.2 Å². The third-order valence-corrected chi connectivity index (χ3v) is 3.09. The SMILES string of the molecule is Nc1nc(NC2(CO)CC2)c(Cl)cc1Cl. The molecule has 0 aliphatic heterocycles. The molecule has 82 valence electrons. The van der Waals surface area contributed by atoms with Crippen LogP contribution < -0.4 is 11.1 Å². The van der Waals surface area contributed by atoms with Crippen LogP contribution in [0, 0.1) is 0 Å². The summed E-state index contributed by atoms with van der Waals surface area (Å²) < 4.78 is 0. The molecule has 4 N–H and O–H groups in total. The Kier molecular flexibility index (Phi) is 2.66. The molecule has 0 atom stereocenters. The third-order valence-electron chi connectivity index (χ3n) is 2.50. The Hall–Kier alpha value is -0.710. The Bertz CT molecular complexity index is 393. The van der Waals surface area contributed by atoms with Crippen molar-refractivity contribution in [1.82, 2.24) is 4.98 Å². The second-order valence-corrected chi connectivity index (χ2v) is 4.56. The number of nitrogens with two attached hydrogens (primary N) is 1. The summed E-state index contributed by atoms with van der Waals surface area (Å²) in [5, 5.41) is 13.0. The quantitative estimate of drug-likeness (QED) is 0.764. The molecule has 0 unspecified atom stereocenters. The molecule has 1 aliphatic rings. The minimum Gasteiger partial charge on any atom is -0.394 e. The number of aliphatic hydroxyl groups is 1. The van der Waals surface area contributed by atoms with Gasteiger partial charge in [-0.3, -0.25) is 0 Å². The van der Waals surface area contributed by atoms with Crippen molar-refractivity contribution in [3.8, 4) is 0 Å². The fourth-order valence-electron chi connectivity index (χ4n) is 1.29. The molecule has 4 nitrogen and oxygen atoms in total. The second kappa shape index (κ2) is 3.70. The minimum absolute atomic E-state index is 0.0630. The predicted octanol–water partition coefficient (Wildman–Crippen LogP) is 1.91. The van der Waals surface area contributed by atoms with Gasteiger partial charge in [-0.2, -0.15) is 0 Å². The molecule has 2 rings (SSSR count). The molecule has 1 aromatic heterocycles. The summed E-state index contributed by atoms with van der Waals surface area (Å²) in [4.78, 5) is 4.04. The third kappa shape index (κ3) is 2.12. The molecule has 1 aromatic rings. The standard InChI is InChI=1S/C9H11Cl2N3O/c10-5-3-6(11)8(13-7(5)12)14-9(4-15)1-2-9/h3,15H,1-2,4H2,(H3,12,13,14). The summed E-state index contributed by atoms with van der Waals surface area (Å²) >= 11 is 11.7. The Morgan fingerprint density at radius 1 is 1.47 bits per heavy atom. The van der Waals surface area contributed by atoms with Crippen molar-refractivity contribution in [2.24, 2.45) is 0 Å². The molecule has 0 bridgehead atoms. The van der Waals surface area contributed by atoms with Gasteiger partial charge in [0.2, 0.25) is 0 Å². The van der Waals surface area contributed by atoms with Gasteiger partial charge in [0.15, 0.2) is 0 Å². The van der Waals surface area contributed by atoms with Crippen molar-refractivity contribution in [2.75, 3.05) is 17.7 Å². The summed E-state index contributed by atoms with van der Waals surface area (Å²) in [7, 11) is 0. The van der Waals surface area contributed by atoms with Crippen LogP contribution >= 0.6 is 23.2 Å². The van der Waals surface area contributed by atoms with Crippen LogP contribution in [-0.2, 0) is 0 Å². The average molecular weight is 248 g/mol. The molecule has 0 aromatic carbocycles. The van der Waals surface area contributed by atoms with Crippen LogP contribution in [0.3, 0.4) is 0 Å². The summed E-state index contributed by atoms with van der Waals surface area (Å²) in [6.45, 7) is 0.0630. The zero-order valence-corrected chi connectivity index (χ0v) is 9.44. The van der Waals surface area contributed by atoms with Crippen molar-refractivity contribution in [2.45, 2.75) is 18.4 Å². The van der Waals surface area contributed by atoms with E-state index in [9.17, 15) is 0 Å². The van der Waals surface area contributed by atoms with Crippen LogP contribution in [0.25, 0.3) is 0 Å². The first-order valence-electron chi connectivity index (χ1n) is 4.57. The van der Waals surface area contributed by atoms with Crippen molar-refractivity contribution in [1.29, 1.82) is 0 Å². The van der Waals surface area contributed by atoms with Gasteiger partial charge in [0.05, 0.1) is 22.2 Å². The molecule has 1 saturated carbocycles. The lowest BCUT2D eigenvalue weighted by molar-refractivity contribution is 0.266. The highest BCUT2D eigenvalue weighted by Gasteiger charge is 2.42. The highest BCUT2D eigenvalue weighted by atomic mass is 35.5. The van der Waals surface area contributed by atoms with Gasteiger partial charge >= 0.3 is 0 Å². The van der Waals surface area contributed by atoms with Crippen LogP contribution in [0.5, 0.6) is 0 Å². The van der Waals surface area contributed by atoms with Crippen LogP contribution in [0.1, 0.15) is 12.8 Å². The van der Waals surface area contributed by atoms with Gasteiger partial charge in [0.25, 0.3) is 0 Å². The first-order valence-corrected chi connectivity index (χ1v) is 5.32. The van der Waals surface area contributed by atoms with E-state index in [1.165, 1.54) is 0 Å². The zero-order valence-electron chi connectivity index (χ0n) is 7.93. The van der Waals surface area contributed by atoms with E-state index < -0.39 is 0 Å². The number of nitrogens with zero attached hydrogens (tertiary/aromatic N) is 1. The van der Waals surface area contributed by atoms with Crippen LogP contribution in [0.15, 0.2) is 6.07 Å². The number of hydrogen-bond donors (Lipinski definition) is 3. The first-order chi connectivity index (χ1) is 7.06. The molecule has 1 heterocycles. The summed E-state index contributed by atoms with van der Waals surface area (Å²) in [5.74, 6) is 0.711. The minimum atomic E-state index is -0.267. The summed E-state index contributed by atoms with van der Waals surface area (Å²) in [6.07, 6.45) is 1.81. The Labute approximate surface area is 97.4 Å². The summed E-state index contributed by atoms with van der Waals surface area (Å²) in [5.41, 5.74) is 5.30.